The maximum absolute atomic E-state index is 14.0. The van der Waals surface area contributed by atoms with Gasteiger partial charge >= 0.3 is 5.97 Å². The van der Waals surface area contributed by atoms with E-state index in [-0.39, 0.29) is 41.1 Å². The number of nitrogens with two attached hydrogens (primary N) is 2. The Hall–Kier alpha value is -4.60. The molecule has 2 aromatic carbocycles. The lowest BCUT2D eigenvalue weighted by molar-refractivity contribution is 0.0699. The number of carboxylic acids is 1. The Morgan fingerprint density at radius 2 is 1.82 bits per heavy atom. The average Bonchev–Trinajstić information content (AvgIpc) is 2.78. The molecule has 166 valence electrons. The number of pyridine rings is 1. The number of aromatic carboxylic acids is 1. The van der Waals surface area contributed by atoms with E-state index in [1.165, 1.54) is 24.5 Å². The van der Waals surface area contributed by atoms with Gasteiger partial charge in [-0.15, -0.1) is 0 Å². The van der Waals surface area contributed by atoms with E-state index in [1.807, 2.05) is 6.07 Å². The summed E-state index contributed by atoms with van der Waals surface area (Å²) in [6.07, 6.45) is 1.46. The lowest BCUT2D eigenvalue weighted by Crippen LogP contribution is -2.20. The predicted octanol–water partition coefficient (Wildman–Crippen LogP) is 2.86. The third kappa shape index (κ3) is 4.26. The smallest absolute Gasteiger partial charge is 0.337 e. The zero-order valence-electron chi connectivity index (χ0n) is 17.2. The minimum atomic E-state index is -1.19. The van der Waals surface area contributed by atoms with E-state index in [9.17, 15) is 19.1 Å². The van der Waals surface area contributed by atoms with Crippen molar-refractivity contribution >= 4 is 34.4 Å². The fraction of sp³-hybridized carbons (Fsp3) is 0.0870. The zero-order chi connectivity index (χ0) is 23.5. The van der Waals surface area contributed by atoms with Gasteiger partial charge < -0.3 is 21.9 Å². The number of benzene rings is 2. The highest BCUT2D eigenvalue weighted by Crippen LogP contribution is 2.33. The number of fused-ring (bicyclic) bond motifs is 1. The van der Waals surface area contributed by atoms with Crippen molar-refractivity contribution in [3.63, 3.8) is 0 Å². The number of nitrogen functional groups attached to an aromatic ring is 1. The Labute approximate surface area is 187 Å². The van der Waals surface area contributed by atoms with Crippen molar-refractivity contribution in [1.82, 2.24) is 15.0 Å². The summed E-state index contributed by atoms with van der Waals surface area (Å²) in [6, 6.07) is 12.7. The van der Waals surface area contributed by atoms with Crippen LogP contribution in [0.4, 0.5) is 16.0 Å². The molecule has 0 saturated carbocycles. The summed E-state index contributed by atoms with van der Waals surface area (Å²) in [5.74, 6) is -2.41. The second-order valence-corrected chi connectivity index (χ2v) is 7.16. The minimum absolute atomic E-state index is 0.0334. The minimum Gasteiger partial charge on any atom is -0.478 e. The van der Waals surface area contributed by atoms with Crippen LogP contribution in [0.5, 0.6) is 0 Å². The van der Waals surface area contributed by atoms with Gasteiger partial charge in [-0.3, -0.25) is 9.78 Å². The first kappa shape index (κ1) is 21.6. The standard InChI is InChI=1S/C23H19FN6O3/c24-13-6-7-15-14(10-13)18(23(32)33)17(12-4-2-1-3-5-12)16(30-15)8-9-27-22-19(21(26)31)20(25)28-11-29-22/h1-7,10-11H,8-9H2,(H2,26,31)(H,32,33)(H3,25,27,28,29). The SMILES string of the molecule is NC(=O)c1c(N)ncnc1NCCc1nc2ccc(F)cc2c(C(=O)O)c1-c1ccccc1. The van der Waals surface area contributed by atoms with Crippen molar-refractivity contribution in [2.75, 3.05) is 17.6 Å². The van der Waals surface area contributed by atoms with Gasteiger partial charge in [0.05, 0.1) is 16.8 Å². The van der Waals surface area contributed by atoms with E-state index < -0.39 is 17.7 Å². The van der Waals surface area contributed by atoms with E-state index in [0.717, 1.165) is 0 Å². The number of halogens is 1. The highest BCUT2D eigenvalue weighted by Gasteiger charge is 2.22. The monoisotopic (exact) mass is 446 g/mol. The molecule has 0 aliphatic rings. The number of carbonyl (C=O) groups excluding carboxylic acids is 1. The van der Waals surface area contributed by atoms with Crippen LogP contribution in [-0.2, 0) is 6.42 Å². The fourth-order valence-corrected chi connectivity index (χ4v) is 3.68. The number of anilines is 2. The van der Waals surface area contributed by atoms with Crippen LogP contribution in [0.1, 0.15) is 26.4 Å². The van der Waals surface area contributed by atoms with Crippen LogP contribution in [0.2, 0.25) is 0 Å². The van der Waals surface area contributed by atoms with Crippen LogP contribution in [0.25, 0.3) is 22.0 Å². The van der Waals surface area contributed by atoms with Crippen LogP contribution in [0.15, 0.2) is 54.9 Å². The van der Waals surface area contributed by atoms with Gasteiger partial charge in [-0.2, -0.15) is 0 Å². The average molecular weight is 446 g/mol. The third-order valence-corrected chi connectivity index (χ3v) is 5.08. The molecular weight excluding hydrogens is 427 g/mol. The van der Waals surface area contributed by atoms with Crippen LogP contribution in [0.3, 0.4) is 0 Å². The van der Waals surface area contributed by atoms with E-state index >= 15 is 0 Å². The number of aromatic nitrogens is 3. The van der Waals surface area contributed by atoms with Crippen molar-refractivity contribution < 1.29 is 19.1 Å². The number of nitrogens with zero attached hydrogens (tertiary/aromatic N) is 3. The Morgan fingerprint density at radius 1 is 1.06 bits per heavy atom. The molecule has 0 fully saturated rings. The quantitative estimate of drug-likeness (QED) is 0.337. The molecule has 0 bridgehead atoms. The van der Waals surface area contributed by atoms with Gasteiger partial charge in [0.1, 0.15) is 29.3 Å². The highest BCUT2D eigenvalue weighted by atomic mass is 19.1. The molecule has 0 radical (unpaired) electrons. The Balaban J connectivity index is 1.79. The first-order valence-corrected chi connectivity index (χ1v) is 9.91. The van der Waals surface area contributed by atoms with E-state index in [4.69, 9.17) is 11.5 Å². The van der Waals surface area contributed by atoms with E-state index in [0.29, 0.717) is 22.3 Å². The normalized spacial score (nSPS) is 10.8. The molecule has 2 heterocycles. The van der Waals surface area contributed by atoms with Crippen molar-refractivity contribution in [3.05, 3.63) is 77.5 Å². The molecule has 9 nitrogen and oxygen atoms in total. The Bertz CT molecular complexity index is 1380. The van der Waals surface area contributed by atoms with E-state index in [2.05, 4.69) is 20.3 Å². The van der Waals surface area contributed by atoms with Crippen LogP contribution in [-0.4, -0.2) is 38.5 Å². The predicted molar refractivity (Wildman–Crippen MR) is 121 cm³/mol. The van der Waals surface area contributed by atoms with Gasteiger partial charge in [-0.1, -0.05) is 30.3 Å². The van der Waals surface area contributed by atoms with Gasteiger partial charge in [-0.05, 0) is 23.8 Å². The van der Waals surface area contributed by atoms with Gasteiger partial charge in [0, 0.05) is 23.9 Å². The fourth-order valence-electron chi connectivity index (χ4n) is 3.68. The number of carbonyl (C=O) groups is 2. The lowest BCUT2D eigenvalue weighted by Gasteiger charge is -2.16. The van der Waals surface area contributed by atoms with Gasteiger partial charge in [0.15, 0.2) is 0 Å². The highest BCUT2D eigenvalue weighted by molar-refractivity contribution is 6.09. The summed E-state index contributed by atoms with van der Waals surface area (Å²) < 4.78 is 14.0. The molecular formula is C23H19FN6O3. The topological polar surface area (TPSA) is 157 Å². The molecule has 4 rings (SSSR count). The van der Waals surface area contributed by atoms with Crippen LogP contribution >= 0.6 is 0 Å². The first-order valence-electron chi connectivity index (χ1n) is 9.91. The van der Waals surface area contributed by atoms with Crippen molar-refractivity contribution in [2.45, 2.75) is 6.42 Å². The number of primary amides is 1. The molecule has 0 unspecified atom stereocenters. The number of carboxylic acid groups (broad SMARTS) is 1. The molecule has 0 spiro atoms. The molecule has 0 aliphatic carbocycles. The molecule has 2 aromatic heterocycles. The Morgan fingerprint density at radius 3 is 2.52 bits per heavy atom. The summed E-state index contributed by atoms with van der Waals surface area (Å²) in [6.45, 7) is 0.231. The number of hydrogen-bond donors (Lipinski definition) is 4. The van der Waals surface area contributed by atoms with Crippen LogP contribution < -0.4 is 16.8 Å². The number of amides is 1. The maximum atomic E-state index is 14.0. The number of hydrogen-bond acceptors (Lipinski definition) is 7. The van der Waals surface area contributed by atoms with Crippen molar-refractivity contribution in [3.8, 4) is 11.1 Å². The first-order chi connectivity index (χ1) is 15.9. The summed E-state index contributed by atoms with van der Waals surface area (Å²) >= 11 is 0. The Kier molecular flexibility index (Phi) is 5.81. The number of rotatable bonds is 7. The van der Waals surface area contributed by atoms with Gasteiger partial charge in [0.25, 0.3) is 5.91 Å². The molecule has 10 heteroatoms. The second kappa shape index (κ2) is 8.87. The van der Waals surface area contributed by atoms with Gasteiger partial charge in [-0.25, -0.2) is 19.2 Å². The third-order valence-electron chi connectivity index (χ3n) is 5.08. The molecule has 0 aliphatic heterocycles. The second-order valence-electron chi connectivity index (χ2n) is 7.16. The summed E-state index contributed by atoms with van der Waals surface area (Å²) in [5, 5.41) is 13.2. The van der Waals surface area contributed by atoms with Gasteiger partial charge in [0.2, 0.25) is 0 Å². The van der Waals surface area contributed by atoms with Crippen molar-refractivity contribution in [2.24, 2.45) is 5.73 Å². The molecule has 4 aromatic rings. The lowest BCUT2D eigenvalue weighted by atomic mass is 9.93. The summed E-state index contributed by atoms with van der Waals surface area (Å²) in [5.41, 5.74) is 12.9. The summed E-state index contributed by atoms with van der Waals surface area (Å²) in [7, 11) is 0. The molecule has 33 heavy (non-hydrogen) atoms. The van der Waals surface area contributed by atoms with E-state index in [1.54, 1.807) is 24.3 Å². The largest absolute Gasteiger partial charge is 0.478 e. The molecule has 0 saturated heterocycles. The zero-order valence-corrected chi connectivity index (χ0v) is 17.2. The van der Waals surface area contributed by atoms with Crippen molar-refractivity contribution in [1.29, 1.82) is 0 Å². The summed E-state index contributed by atoms with van der Waals surface area (Å²) in [4.78, 5) is 36.4. The van der Waals surface area contributed by atoms with Crippen LogP contribution in [0, 0.1) is 5.82 Å². The molecule has 6 N–H and O–H groups in total. The molecule has 1 amide bonds. The maximum Gasteiger partial charge on any atom is 0.337 e. The number of nitrogens with one attached hydrogen (secondary N) is 1. The molecule has 0 atom stereocenters.